The van der Waals surface area contributed by atoms with Crippen LogP contribution in [0.3, 0.4) is 0 Å². The van der Waals surface area contributed by atoms with Gasteiger partial charge in [0.05, 0.1) is 18.6 Å². The molecule has 2 N–H and O–H groups in total. The molecule has 3 aromatic carbocycles. The number of carboxylic acids is 2. The Labute approximate surface area is 215 Å². The third-order valence-corrected chi connectivity index (χ3v) is 7.70. The molecule has 37 heavy (non-hydrogen) atoms. The average molecular weight is 531 g/mol. The number of hydrogen-bond donors (Lipinski definition) is 2. The highest BCUT2D eigenvalue weighted by Gasteiger charge is 2.28. The molecule has 198 valence electrons. The predicted octanol–water partition coefficient (Wildman–Crippen LogP) is 2.91. The summed E-state index contributed by atoms with van der Waals surface area (Å²) in [6.45, 7) is 5.58. The molecule has 1 aliphatic heterocycles. The number of piperazine rings is 1. The summed E-state index contributed by atoms with van der Waals surface area (Å²) in [5.41, 5.74) is 1.12. The minimum Gasteiger partial charge on any atom is -0.493 e. The molecule has 1 fully saturated rings. The fourth-order valence-electron chi connectivity index (χ4n) is 3.95. The van der Waals surface area contributed by atoms with Gasteiger partial charge in [-0.05, 0) is 47.5 Å². The number of carboxylic acid groups (broad SMARTS) is 2. The zero-order valence-corrected chi connectivity index (χ0v) is 21.5. The lowest BCUT2D eigenvalue weighted by Gasteiger charge is -2.34. The van der Waals surface area contributed by atoms with Crippen LogP contribution in [0, 0.1) is 0 Å². The van der Waals surface area contributed by atoms with Crippen molar-refractivity contribution in [3.63, 3.8) is 0 Å². The minimum absolute atomic E-state index is 0.358. The molecule has 0 spiro atoms. The van der Waals surface area contributed by atoms with Gasteiger partial charge in [-0.25, -0.2) is 18.0 Å². The number of rotatable bonds is 7. The van der Waals surface area contributed by atoms with E-state index in [-0.39, 0.29) is 0 Å². The number of methoxy groups -OCH3 is 1. The summed E-state index contributed by atoms with van der Waals surface area (Å²) in [6, 6.07) is 19.1. The van der Waals surface area contributed by atoms with Crippen LogP contribution in [0.4, 0.5) is 0 Å². The third kappa shape index (κ3) is 7.19. The highest BCUT2D eigenvalue weighted by atomic mass is 32.2. The average Bonchev–Trinajstić information content (AvgIpc) is 2.89. The number of benzene rings is 3. The molecule has 0 unspecified atom stereocenters. The lowest BCUT2D eigenvalue weighted by molar-refractivity contribution is -0.159. The van der Waals surface area contributed by atoms with E-state index in [2.05, 4.69) is 4.90 Å². The zero-order chi connectivity index (χ0) is 27.0. The Morgan fingerprint density at radius 1 is 0.865 bits per heavy atom. The molecule has 11 heteroatoms. The Balaban J connectivity index is 0.000000568. The van der Waals surface area contributed by atoms with E-state index in [4.69, 9.17) is 29.3 Å². The number of carbonyl (C=O) groups is 2. The zero-order valence-electron chi connectivity index (χ0n) is 20.7. The van der Waals surface area contributed by atoms with Crippen LogP contribution < -0.4 is 9.47 Å². The molecule has 0 radical (unpaired) electrons. The van der Waals surface area contributed by atoms with Gasteiger partial charge < -0.3 is 19.7 Å². The second-order valence-electron chi connectivity index (χ2n) is 8.22. The molecule has 0 aromatic heterocycles. The van der Waals surface area contributed by atoms with E-state index in [9.17, 15) is 8.42 Å². The Bertz CT molecular complexity index is 1340. The van der Waals surface area contributed by atoms with Gasteiger partial charge in [-0.3, -0.25) is 4.90 Å². The normalized spacial score (nSPS) is 14.4. The van der Waals surface area contributed by atoms with Crippen molar-refractivity contribution in [1.29, 1.82) is 0 Å². The van der Waals surface area contributed by atoms with E-state index in [0.29, 0.717) is 37.7 Å². The molecule has 0 atom stereocenters. The number of nitrogens with zero attached hydrogens (tertiary/aromatic N) is 2. The van der Waals surface area contributed by atoms with Crippen molar-refractivity contribution >= 4 is 32.7 Å². The van der Waals surface area contributed by atoms with Crippen LogP contribution in [0.15, 0.2) is 65.6 Å². The predicted molar refractivity (Wildman–Crippen MR) is 137 cm³/mol. The highest BCUT2D eigenvalue weighted by Crippen LogP contribution is 2.29. The molecule has 1 heterocycles. The van der Waals surface area contributed by atoms with E-state index in [1.807, 2.05) is 55.5 Å². The van der Waals surface area contributed by atoms with Crippen LogP contribution in [0.2, 0.25) is 0 Å². The van der Waals surface area contributed by atoms with E-state index in [1.54, 1.807) is 23.5 Å². The number of hydrogen-bond acceptors (Lipinski definition) is 7. The van der Waals surface area contributed by atoms with Crippen molar-refractivity contribution in [3.05, 3.63) is 66.2 Å². The summed E-state index contributed by atoms with van der Waals surface area (Å²) in [7, 11) is -1.87. The van der Waals surface area contributed by atoms with Crippen molar-refractivity contribution < 1.29 is 37.7 Å². The summed E-state index contributed by atoms with van der Waals surface area (Å²) in [5, 5.41) is 16.8. The number of ether oxygens (including phenoxy) is 2. The number of fused-ring (bicyclic) bond motifs is 1. The Hall–Kier alpha value is -3.67. The molecule has 0 bridgehead atoms. The molecule has 1 aliphatic rings. The van der Waals surface area contributed by atoms with Gasteiger partial charge >= 0.3 is 11.9 Å². The van der Waals surface area contributed by atoms with Crippen LogP contribution in [0.1, 0.15) is 12.5 Å². The number of aliphatic carboxylic acids is 2. The molecule has 0 amide bonds. The monoisotopic (exact) mass is 530 g/mol. The lowest BCUT2D eigenvalue weighted by atomic mass is 10.1. The van der Waals surface area contributed by atoms with Gasteiger partial charge in [-0.1, -0.05) is 36.4 Å². The molecule has 0 aliphatic carbocycles. The molecule has 3 aromatic rings. The second-order valence-corrected chi connectivity index (χ2v) is 10.2. The summed E-state index contributed by atoms with van der Waals surface area (Å²) in [4.78, 5) is 20.8. The molecule has 10 nitrogen and oxygen atoms in total. The fraction of sp³-hybridized carbons (Fsp3) is 0.308. The first-order valence-electron chi connectivity index (χ1n) is 11.6. The van der Waals surface area contributed by atoms with Crippen LogP contribution >= 0.6 is 0 Å². The smallest absolute Gasteiger partial charge is 0.414 e. The Morgan fingerprint density at radius 3 is 2.11 bits per heavy atom. The van der Waals surface area contributed by atoms with Crippen molar-refractivity contribution in [2.24, 2.45) is 0 Å². The van der Waals surface area contributed by atoms with Gasteiger partial charge in [0.25, 0.3) is 0 Å². The standard InChI is InChI=1S/C24H28N2O4S.C2H2O4/c1-3-30-24-16-19(8-11-23(24)29-2)18-25-12-14-26(15-13-25)31(27,28)22-10-9-20-6-4-5-7-21(20)17-22;3-1(4)2(5)6/h4-11,16-17H,3,12-15,18H2,1-2H3;(H,3,4)(H,5,6). The van der Waals surface area contributed by atoms with Gasteiger partial charge in [0.15, 0.2) is 11.5 Å². The van der Waals surface area contributed by atoms with Crippen molar-refractivity contribution in [3.8, 4) is 11.5 Å². The lowest BCUT2D eigenvalue weighted by Crippen LogP contribution is -2.48. The molecular weight excluding hydrogens is 500 g/mol. The van der Waals surface area contributed by atoms with Crippen molar-refractivity contribution in [2.75, 3.05) is 39.9 Å². The van der Waals surface area contributed by atoms with Gasteiger partial charge in [0, 0.05) is 32.7 Å². The van der Waals surface area contributed by atoms with Gasteiger partial charge in [0.2, 0.25) is 10.0 Å². The first-order chi connectivity index (χ1) is 17.6. The van der Waals surface area contributed by atoms with Crippen LogP contribution in [0.25, 0.3) is 10.8 Å². The topological polar surface area (TPSA) is 134 Å². The van der Waals surface area contributed by atoms with E-state index >= 15 is 0 Å². The van der Waals surface area contributed by atoms with E-state index < -0.39 is 22.0 Å². The summed E-state index contributed by atoms with van der Waals surface area (Å²) >= 11 is 0. The molecule has 1 saturated heterocycles. The first kappa shape index (κ1) is 27.9. The summed E-state index contributed by atoms with van der Waals surface area (Å²) < 4.78 is 38.9. The van der Waals surface area contributed by atoms with Crippen LogP contribution in [0.5, 0.6) is 11.5 Å². The SMILES string of the molecule is CCOc1cc(CN2CCN(S(=O)(=O)c3ccc4ccccc4c3)CC2)ccc1OC.O=C(O)C(=O)O. The Morgan fingerprint density at radius 2 is 1.51 bits per heavy atom. The molecule has 0 saturated carbocycles. The second kappa shape index (κ2) is 12.5. The summed E-state index contributed by atoms with van der Waals surface area (Å²) in [6.07, 6.45) is 0. The molecule has 4 rings (SSSR count). The van der Waals surface area contributed by atoms with Crippen molar-refractivity contribution in [1.82, 2.24) is 9.21 Å². The van der Waals surface area contributed by atoms with Gasteiger partial charge in [0.1, 0.15) is 0 Å². The van der Waals surface area contributed by atoms with E-state index in [0.717, 1.165) is 34.4 Å². The summed E-state index contributed by atoms with van der Waals surface area (Å²) in [5.74, 6) is -2.19. The Kier molecular flexibility index (Phi) is 9.45. The largest absolute Gasteiger partial charge is 0.493 e. The number of sulfonamides is 1. The molecular formula is C26H30N2O8S. The fourth-order valence-corrected chi connectivity index (χ4v) is 5.41. The van der Waals surface area contributed by atoms with Crippen LogP contribution in [-0.2, 0) is 26.2 Å². The first-order valence-corrected chi connectivity index (χ1v) is 13.1. The van der Waals surface area contributed by atoms with E-state index in [1.165, 1.54) is 0 Å². The highest BCUT2D eigenvalue weighted by molar-refractivity contribution is 7.89. The van der Waals surface area contributed by atoms with Crippen LogP contribution in [-0.4, -0.2) is 79.7 Å². The maximum absolute atomic E-state index is 13.2. The van der Waals surface area contributed by atoms with Gasteiger partial charge in [-0.15, -0.1) is 0 Å². The van der Waals surface area contributed by atoms with Crippen molar-refractivity contribution in [2.45, 2.75) is 18.4 Å². The minimum atomic E-state index is -3.50. The maximum Gasteiger partial charge on any atom is 0.414 e. The quantitative estimate of drug-likeness (QED) is 0.442. The maximum atomic E-state index is 13.2. The third-order valence-electron chi connectivity index (χ3n) is 5.81. The van der Waals surface area contributed by atoms with Gasteiger partial charge in [-0.2, -0.15) is 4.31 Å².